The predicted molar refractivity (Wildman–Crippen MR) is 58.0 cm³/mol. The molecule has 60 valence electrons. The first-order valence-electron chi connectivity index (χ1n) is 3.90. The van der Waals surface area contributed by atoms with Crippen LogP contribution in [-0.2, 0) is 6.42 Å². The Morgan fingerprint density at radius 2 is 1.64 bits per heavy atom. The van der Waals surface area contributed by atoms with Crippen molar-refractivity contribution in [1.82, 2.24) is 0 Å². The zero-order chi connectivity index (χ0) is 8.43. The van der Waals surface area contributed by atoms with Crippen LogP contribution in [0.1, 0.15) is 23.6 Å². The van der Waals surface area contributed by atoms with Crippen LogP contribution in [0.4, 0.5) is 0 Å². The van der Waals surface area contributed by atoms with Crippen LogP contribution in [-0.4, -0.2) is 0 Å². The highest BCUT2D eigenvalue weighted by atomic mass is 127. The highest BCUT2D eigenvalue weighted by Gasteiger charge is 2.00. The van der Waals surface area contributed by atoms with Gasteiger partial charge in [0.2, 0.25) is 0 Å². The molecule has 0 unspecified atom stereocenters. The lowest BCUT2D eigenvalue weighted by molar-refractivity contribution is 1.08. The molecule has 1 aromatic carbocycles. The van der Waals surface area contributed by atoms with Crippen LogP contribution < -0.4 is 0 Å². The monoisotopic (exact) mass is 260 g/mol. The van der Waals surface area contributed by atoms with E-state index in [1.165, 1.54) is 20.3 Å². The summed E-state index contributed by atoms with van der Waals surface area (Å²) < 4.78 is 1.34. The maximum atomic E-state index is 2.36. The van der Waals surface area contributed by atoms with Crippen LogP contribution in [0.3, 0.4) is 0 Å². The lowest BCUT2D eigenvalue weighted by Crippen LogP contribution is -1.91. The van der Waals surface area contributed by atoms with E-state index in [2.05, 4.69) is 55.5 Å². The van der Waals surface area contributed by atoms with Crippen molar-refractivity contribution in [3.05, 3.63) is 32.4 Å². The molecule has 0 heterocycles. The van der Waals surface area contributed by atoms with Gasteiger partial charge in [-0.3, -0.25) is 0 Å². The maximum Gasteiger partial charge on any atom is 0.0135 e. The molecule has 0 aliphatic carbocycles. The molecule has 0 amide bonds. The van der Waals surface area contributed by atoms with Gasteiger partial charge in [-0.05, 0) is 71.7 Å². The second kappa shape index (κ2) is 3.57. The molecular formula is C10H13I. The molecule has 1 rings (SSSR count). The molecule has 0 atom stereocenters. The van der Waals surface area contributed by atoms with E-state index in [4.69, 9.17) is 0 Å². The summed E-state index contributed by atoms with van der Waals surface area (Å²) in [6.45, 7) is 6.59. The molecule has 0 aliphatic heterocycles. The zero-order valence-corrected chi connectivity index (χ0v) is 9.40. The van der Waals surface area contributed by atoms with Crippen molar-refractivity contribution < 1.29 is 0 Å². The van der Waals surface area contributed by atoms with Crippen LogP contribution >= 0.6 is 22.6 Å². The first-order chi connectivity index (χ1) is 5.15. The molecule has 0 radical (unpaired) electrons. The van der Waals surface area contributed by atoms with Gasteiger partial charge < -0.3 is 0 Å². The fraction of sp³-hybridized carbons (Fsp3) is 0.400. The summed E-state index contributed by atoms with van der Waals surface area (Å²) in [4.78, 5) is 0. The molecule has 0 saturated heterocycles. The number of aryl methyl sites for hydroxylation is 2. The third kappa shape index (κ3) is 1.95. The summed E-state index contributed by atoms with van der Waals surface area (Å²) in [6.07, 6.45) is 1.15. The van der Waals surface area contributed by atoms with Gasteiger partial charge in [0.1, 0.15) is 0 Å². The fourth-order valence-electron chi connectivity index (χ4n) is 1.50. The molecule has 0 fully saturated rings. The predicted octanol–water partition coefficient (Wildman–Crippen LogP) is 3.47. The van der Waals surface area contributed by atoms with E-state index < -0.39 is 0 Å². The Morgan fingerprint density at radius 3 is 2.00 bits per heavy atom. The Hall–Kier alpha value is -0.0500. The van der Waals surface area contributed by atoms with Crippen LogP contribution in [0.5, 0.6) is 0 Å². The van der Waals surface area contributed by atoms with Crippen molar-refractivity contribution in [2.45, 2.75) is 27.2 Å². The lowest BCUT2D eigenvalue weighted by atomic mass is 10.0. The van der Waals surface area contributed by atoms with E-state index in [9.17, 15) is 0 Å². The van der Waals surface area contributed by atoms with Gasteiger partial charge in [-0.15, -0.1) is 0 Å². The number of hydrogen-bond acceptors (Lipinski definition) is 0. The number of halogens is 1. The average molecular weight is 260 g/mol. The van der Waals surface area contributed by atoms with Crippen molar-refractivity contribution in [2.75, 3.05) is 0 Å². The summed E-state index contributed by atoms with van der Waals surface area (Å²) in [5.74, 6) is 0. The largest absolute Gasteiger partial charge is 0.0613 e. The molecule has 0 aromatic heterocycles. The summed E-state index contributed by atoms with van der Waals surface area (Å²) in [5, 5.41) is 0. The van der Waals surface area contributed by atoms with Gasteiger partial charge in [-0.2, -0.15) is 0 Å². The number of benzene rings is 1. The Balaban J connectivity index is 3.25. The van der Waals surface area contributed by atoms with Crippen molar-refractivity contribution in [3.63, 3.8) is 0 Å². The van der Waals surface area contributed by atoms with Crippen LogP contribution in [0.15, 0.2) is 12.1 Å². The Morgan fingerprint density at radius 1 is 1.18 bits per heavy atom. The molecule has 0 spiro atoms. The van der Waals surface area contributed by atoms with Crippen molar-refractivity contribution in [1.29, 1.82) is 0 Å². The van der Waals surface area contributed by atoms with Gasteiger partial charge in [-0.1, -0.05) is 6.92 Å². The molecule has 0 nitrogen and oxygen atoms in total. The lowest BCUT2D eigenvalue weighted by Gasteiger charge is -2.07. The number of rotatable bonds is 1. The Kier molecular flexibility index (Phi) is 2.93. The summed E-state index contributed by atoms with van der Waals surface area (Å²) >= 11 is 2.36. The molecule has 0 aliphatic rings. The molecule has 1 aromatic rings. The Labute approximate surface area is 82.2 Å². The molecule has 0 N–H and O–H groups in total. The summed E-state index contributed by atoms with van der Waals surface area (Å²) in [6, 6.07) is 4.48. The minimum atomic E-state index is 1.15. The van der Waals surface area contributed by atoms with E-state index in [0.717, 1.165) is 6.42 Å². The van der Waals surface area contributed by atoms with Crippen molar-refractivity contribution in [2.24, 2.45) is 0 Å². The average Bonchev–Trinajstić information content (AvgIpc) is 1.85. The van der Waals surface area contributed by atoms with Gasteiger partial charge in [0.05, 0.1) is 0 Å². The number of hydrogen-bond donors (Lipinski definition) is 0. The molecule has 1 heteroatoms. The van der Waals surface area contributed by atoms with Gasteiger partial charge in [-0.25, -0.2) is 0 Å². The molecular weight excluding hydrogens is 247 g/mol. The van der Waals surface area contributed by atoms with Gasteiger partial charge in [0, 0.05) is 3.57 Å². The van der Waals surface area contributed by atoms with Gasteiger partial charge >= 0.3 is 0 Å². The third-order valence-corrected chi connectivity index (χ3v) is 2.64. The third-order valence-electron chi connectivity index (χ3n) is 2.01. The standard InChI is InChI=1S/C10H13I/c1-4-10-7(2)5-9(11)6-8(10)3/h5-6H,4H2,1-3H3. The fourth-order valence-corrected chi connectivity index (χ4v) is 2.43. The quantitative estimate of drug-likeness (QED) is 0.678. The van der Waals surface area contributed by atoms with Crippen molar-refractivity contribution in [3.8, 4) is 0 Å². The van der Waals surface area contributed by atoms with Crippen LogP contribution in [0.25, 0.3) is 0 Å². The van der Waals surface area contributed by atoms with E-state index in [1.54, 1.807) is 0 Å². The summed E-state index contributed by atoms with van der Waals surface area (Å²) in [7, 11) is 0. The van der Waals surface area contributed by atoms with Crippen molar-refractivity contribution >= 4 is 22.6 Å². The second-order valence-electron chi connectivity index (χ2n) is 2.87. The van der Waals surface area contributed by atoms with E-state index >= 15 is 0 Å². The minimum absolute atomic E-state index is 1.15. The zero-order valence-electron chi connectivity index (χ0n) is 7.24. The van der Waals surface area contributed by atoms with Crippen LogP contribution in [0, 0.1) is 17.4 Å². The highest BCUT2D eigenvalue weighted by Crippen LogP contribution is 2.18. The topological polar surface area (TPSA) is 0 Å². The molecule has 0 saturated carbocycles. The first-order valence-corrected chi connectivity index (χ1v) is 4.98. The van der Waals surface area contributed by atoms with Crippen LogP contribution in [0.2, 0.25) is 0 Å². The second-order valence-corrected chi connectivity index (χ2v) is 4.12. The summed E-state index contributed by atoms with van der Waals surface area (Å²) in [5.41, 5.74) is 4.36. The smallest absolute Gasteiger partial charge is 0.0135 e. The Bertz CT molecular complexity index is 241. The molecule has 11 heavy (non-hydrogen) atoms. The minimum Gasteiger partial charge on any atom is -0.0613 e. The maximum absolute atomic E-state index is 2.36. The van der Waals surface area contributed by atoms with E-state index in [-0.39, 0.29) is 0 Å². The highest BCUT2D eigenvalue weighted by molar-refractivity contribution is 14.1. The van der Waals surface area contributed by atoms with Gasteiger partial charge in [0.25, 0.3) is 0 Å². The van der Waals surface area contributed by atoms with Gasteiger partial charge in [0.15, 0.2) is 0 Å². The SMILES string of the molecule is CCc1c(C)cc(I)cc1C. The first kappa shape index (κ1) is 9.04. The normalized spacial score (nSPS) is 10.2. The van der Waals surface area contributed by atoms with E-state index in [1.807, 2.05) is 0 Å². The molecule has 0 bridgehead atoms. The van der Waals surface area contributed by atoms with E-state index in [0.29, 0.717) is 0 Å².